The van der Waals surface area contributed by atoms with E-state index in [1.807, 2.05) is 55.5 Å². The largest absolute Gasteiger partial charge is 0.296 e. The van der Waals surface area contributed by atoms with Crippen molar-refractivity contribution in [2.24, 2.45) is 0 Å². The fraction of sp³-hybridized carbons (Fsp3) is 0.296. The molecule has 0 saturated carbocycles. The summed E-state index contributed by atoms with van der Waals surface area (Å²) in [5, 5.41) is 0.781. The normalized spacial score (nSPS) is 21.7. The molecular weight excluding hydrogens is 423 g/mol. The van der Waals surface area contributed by atoms with Crippen LogP contribution < -0.4 is 0 Å². The Morgan fingerprint density at radius 3 is 2.41 bits per heavy atom. The number of halogens is 2. The topological polar surface area (TPSA) is 23.6 Å². The number of hydrogen-bond donors (Lipinski definition) is 0. The lowest BCUT2D eigenvalue weighted by molar-refractivity contribution is 0.0287. The molecular formula is C27H26ClFN2O. The van der Waals surface area contributed by atoms with Crippen molar-refractivity contribution in [2.45, 2.75) is 25.4 Å². The van der Waals surface area contributed by atoms with Crippen LogP contribution in [0, 0.1) is 12.7 Å². The highest BCUT2D eigenvalue weighted by Crippen LogP contribution is 2.43. The molecule has 1 heterocycles. The monoisotopic (exact) mass is 448 g/mol. The third-order valence-electron chi connectivity index (χ3n) is 6.87. The first-order valence-corrected chi connectivity index (χ1v) is 11.5. The number of carbonyl (C=O) groups is 1. The Hall–Kier alpha value is -2.53. The van der Waals surface area contributed by atoms with Crippen LogP contribution in [0.15, 0.2) is 66.7 Å². The van der Waals surface area contributed by atoms with E-state index in [1.54, 1.807) is 6.07 Å². The minimum absolute atomic E-state index is 0.0812. The van der Waals surface area contributed by atoms with Crippen molar-refractivity contribution in [1.29, 1.82) is 0 Å². The number of piperazine rings is 1. The van der Waals surface area contributed by atoms with Gasteiger partial charge in [-0.05, 0) is 47.4 Å². The minimum atomic E-state index is -0.854. The van der Waals surface area contributed by atoms with E-state index in [-0.39, 0.29) is 11.6 Å². The maximum atomic E-state index is 14.5. The lowest BCUT2D eigenvalue weighted by Gasteiger charge is -2.45. The predicted octanol–water partition coefficient (Wildman–Crippen LogP) is 5.24. The van der Waals surface area contributed by atoms with E-state index in [0.717, 1.165) is 65.6 Å². The lowest BCUT2D eigenvalue weighted by atomic mass is 9.82. The number of nitrogens with zero attached hydrogens (tertiary/aromatic N) is 2. The van der Waals surface area contributed by atoms with Crippen LogP contribution in [-0.4, -0.2) is 41.8 Å². The number of fused-ring (bicyclic) bond motifs is 1. The van der Waals surface area contributed by atoms with Gasteiger partial charge in [0.15, 0.2) is 5.78 Å². The van der Waals surface area contributed by atoms with Crippen LogP contribution in [0.4, 0.5) is 4.39 Å². The van der Waals surface area contributed by atoms with Crippen molar-refractivity contribution in [3.05, 3.63) is 105 Å². The van der Waals surface area contributed by atoms with Gasteiger partial charge in [0, 0.05) is 49.7 Å². The van der Waals surface area contributed by atoms with E-state index in [9.17, 15) is 9.18 Å². The van der Waals surface area contributed by atoms with Crippen LogP contribution in [0.5, 0.6) is 0 Å². The summed E-state index contributed by atoms with van der Waals surface area (Å²) in [5.74, 6) is -0.210. The van der Waals surface area contributed by atoms with Gasteiger partial charge in [-0.1, -0.05) is 60.1 Å². The number of rotatable bonds is 4. The lowest BCUT2D eigenvalue weighted by Crippen LogP contribution is -2.58. The Morgan fingerprint density at radius 2 is 1.69 bits per heavy atom. The summed E-state index contributed by atoms with van der Waals surface area (Å²) in [6.07, 6.45) is 0.579. The van der Waals surface area contributed by atoms with E-state index < -0.39 is 5.54 Å². The summed E-state index contributed by atoms with van der Waals surface area (Å²) in [5.41, 5.74) is 3.65. The molecule has 0 aromatic heterocycles. The first kappa shape index (κ1) is 21.3. The molecule has 0 spiro atoms. The van der Waals surface area contributed by atoms with Crippen LogP contribution in [0.2, 0.25) is 5.02 Å². The average Bonchev–Trinajstić information content (AvgIpc) is 3.09. The van der Waals surface area contributed by atoms with Gasteiger partial charge in [-0.3, -0.25) is 14.6 Å². The molecule has 32 heavy (non-hydrogen) atoms. The summed E-state index contributed by atoms with van der Waals surface area (Å²) in [7, 11) is 0. The molecule has 0 amide bonds. The SMILES string of the molecule is Cc1cc(F)cc(C2(N3CCN(Cc4ccccc4Cl)CC3)Cc3ccccc3C2=O)c1. The molecule has 1 fully saturated rings. The average molecular weight is 449 g/mol. The van der Waals surface area contributed by atoms with E-state index in [4.69, 9.17) is 11.6 Å². The Bertz CT molecular complexity index is 1150. The van der Waals surface area contributed by atoms with E-state index >= 15 is 0 Å². The zero-order chi connectivity index (χ0) is 22.3. The number of aryl methyl sites for hydroxylation is 1. The highest BCUT2D eigenvalue weighted by Gasteiger charge is 2.51. The van der Waals surface area contributed by atoms with Gasteiger partial charge in [0.1, 0.15) is 11.4 Å². The highest BCUT2D eigenvalue weighted by molar-refractivity contribution is 6.31. The van der Waals surface area contributed by atoms with Gasteiger partial charge in [0.2, 0.25) is 0 Å². The predicted molar refractivity (Wildman–Crippen MR) is 126 cm³/mol. The van der Waals surface area contributed by atoms with E-state index in [1.165, 1.54) is 6.07 Å². The molecule has 1 atom stereocenters. The molecule has 1 saturated heterocycles. The Balaban J connectivity index is 1.45. The second-order valence-electron chi connectivity index (χ2n) is 8.90. The second kappa shape index (κ2) is 8.43. The molecule has 1 aliphatic carbocycles. The summed E-state index contributed by atoms with van der Waals surface area (Å²) in [6, 6.07) is 20.8. The fourth-order valence-electron chi connectivity index (χ4n) is 5.28. The van der Waals surface area contributed by atoms with Gasteiger partial charge in [-0.2, -0.15) is 0 Å². The number of Topliss-reactive ketones (excluding diaryl/α,β-unsaturated/α-hetero) is 1. The zero-order valence-corrected chi connectivity index (χ0v) is 18.9. The minimum Gasteiger partial charge on any atom is -0.296 e. The standard InChI is InChI=1S/C27H26ClFN2O/c1-19-14-22(16-23(29)15-19)27(17-20-6-2-4-8-24(20)26(27)32)31-12-10-30(11-13-31)18-21-7-3-5-9-25(21)28/h2-9,14-16H,10-13,17-18H2,1H3. The summed E-state index contributed by atoms with van der Waals surface area (Å²) in [4.78, 5) is 18.5. The van der Waals surface area contributed by atoms with Gasteiger partial charge in [-0.25, -0.2) is 4.39 Å². The maximum absolute atomic E-state index is 14.5. The third-order valence-corrected chi connectivity index (χ3v) is 7.24. The number of hydrogen-bond acceptors (Lipinski definition) is 3. The fourth-order valence-corrected chi connectivity index (χ4v) is 5.47. The van der Waals surface area contributed by atoms with Gasteiger partial charge in [-0.15, -0.1) is 0 Å². The van der Waals surface area contributed by atoms with Crippen molar-refractivity contribution in [3.8, 4) is 0 Å². The Kier molecular flexibility index (Phi) is 5.62. The molecule has 5 heteroatoms. The second-order valence-corrected chi connectivity index (χ2v) is 9.30. The molecule has 3 nitrogen and oxygen atoms in total. The number of benzene rings is 3. The quantitative estimate of drug-likeness (QED) is 0.545. The van der Waals surface area contributed by atoms with Gasteiger partial charge < -0.3 is 0 Å². The van der Waals surface area contributed by atoms with Crippen molar-refractivity contribution in [2.75, 3.05) is 26.2 Å². The molecule has 2 aliphatic rings. The molecule has 0 N–H and O–H groups in total. The van der Waals surface area contributed by atoms with Gasteiger partial charge >= 0.3 is 0 Å². The highest BCUT2D eigenvalue weighted by atomic mass is 35.5. The molecule has 5 rings (SSSR count). The van der Waals surface area contributed by atoms with E-state index in [2.05, 4.69) is 15.9 Å². The molecule has 1 unspecified atom stereocenters. The first-order valence-electron chi connectivity index (χ1n) is 11.1. The molecule has 0 bridgehead atoms. The van der Waals surface area contributed by atoms with Crippen molar-refractivity contribution < 1.29 is 9.18 Å². The Morgan fingerprint density at radius 1 is 0.969 bits per heavy atom. The van der Waals surface area contributed by atoms with Crippen LogP contribution in [-0.2, 0) is 18.5 Å². The summed E-state index contributed by atoms with van der Waals surface area (Å²) >= 11 is 6.36. The van der Waals surface area contributed by atoms with Crippen molar-refractivity contribution in [3.63, 3.8) is 0 Å². The van der Waals surface area contributed by atoms with Crippen molar-refractivity contribution >= 4 is 17.4 Å². The number of carbonyl (C=O) groups excluding carboxylic acids is 1. The summed E-state index contributed by atoms with van der Waals surface area (Å²) in [6.45, 7) is 5.79. The zero-order valence-electron chi connectivity index (χ0n) is 18.2. The smallest absolute Gasteiger partial charge is 0.188 e. The molecule has 0 radical (unpaired) electrons. The van der Waals surface area contributed by atoms with Crippen LogP contribution >= 0.6 is 11.6 Å². The first-order chi connectivity index (χ1) is 15.5. The van der Waals surface area contributed by atoms with Gasteiger partial charge in [0.25, 0.3) is 0 Å². The van der Waals surface area contributed by atoms with Gasteiger partial charge in [0.05, 0.1) is 0 Å². The van der Waals surface area contributed by atoms with Crippen LogP contribution in [0.3, 0.4) is 0 Å². The maximum Gasteiger partial charge on any atom is 0.188 e. The molecule has 1 aliphatic heterocycles. The van der Waals surface area contributed by atoms with Crippen LogP contribution in [0.1, 0.15) is 32.6 Å². The summed E-state index contributed by atoms with van der Waals surface area (Å²) < 4.78 is 14.5. The molecule has 3 aromatic carbocycles. The van der Waals surface area contributed by atoms with Crippen LogP contribution in [0.25, 0.3) is 0 Å². The Labute approximate surface area is 193 Å². The molecule has 164 valence electrons. The third kappa shape index (κ3) is 3.66. The number of ketones is 1. The molecule has 3 aromatic rings. The van der Waals surface area contributed by atoms with Crippen molar-refractivity contribution in [1.82, 2.24) is 9.80 Å². The van der Waals surface area contributed by atoms with E-state index in [0.29, 0.717) is 6.42 Å².